The quantitative estimate of drug-likeness (QED) is 0.617. The molecule has 0 bridgehead atoms. The molecule has 0 N–H and O–H groups in total. The molecule has 2 aromatic rings. The lowest BCUT2D eigenvalue weighted by atomic mass is 10.1. The van der Waals surface area contributed by atoms with Crippen LogP contribution in [0.2, 0.25) is 0 Å². The molecule has 0 aliphatic heterocycles. The fourth-order valence-electron chi connectivity index (χ4n) is 1.63. The molecule has 0 aromatic heterocycles. The molecule has 0 aliphatic carbocycles. The minimum absolute atomic E-state index is 0.335. The number of benzene rings is 2. The predicted molar refractivity (Wildman–Crippen MR) is 76.5 cm³/mol. The Bertz CT molecular complexity index is 628. The van der Waals surface area contributed by atoms with Crippen molar-refractivity contribution in [2.45, 2.75) is 6.61 Å². The summed E-state index contributed by atoms with van der Waals surface area (Å²) in [4.78, 5) is 5.21. The topological polar surface area (TPSA) is 54.6 Å². The zero-order valence-electron chi connectivity index (χ0n) is 11.1. The van der Waals surface area contributed by atoms with Crippen LogP contribution in [0.4, 0.5) is 0 Å². The fourth-order valence-corrected chi connectivity index (χ4v) is 1.63. The van der Waals surface area contributed by atoms with Crippen molar-refractivity contribution in [3.63, 3.8) is 0 Å². The average molecular weight is 266 g/mol. The molecule has 20 heavy (non-hydrogen) atoms. The molecule has 2 aromatic carbocycles. The van der Waals surface area contributed by atoms with Crippen LogP contribution in [0, 0.1) is 11.3 Å². The normalized spacial score (nSPS) is 10.2. The van der Waals surface area contributed by atoms with Gasteiger partial charge in [-0.25, -0.2) is 0 Å². The van der Waals surface area contributed by atoms with Crippen molar-refractivity contribution in [2.75, 3.05) is 7.11 Å². The Balaban J connectivity index is 1.88. The maximum Gasteiger partial charge on any atom is 0.142 e. The van der Waals surface area contributed by atoms with E-state index in [1.807, 2.05) is 36.4 Å². The van der Waals surface area contributed by atoms with Crippen molar-refractivity contribution < 1.29 is 9.57 Å². The lowest BCUT2D eigenvalue weighted by molar-refractivity contribution is 0.132. The van der Waals surface area contributed by atoms with E-state index in [1.165, 1.54) is 0 Å². The average Bonchev–Trinajstić information content (AvgIpc) is 2.52. The monoisotopic (exact) mass is 266 g/mol. The first kappa shape index (κ1) is 13.6. The maximum atomic E-state index is 8.79. The summed E-state index contributed by atoms with van der Waals surface area (Å²) in [6.07, 6.45) is 1.63. The van der Waals surface area contributed by atoms with Gasteiger partial charge in [0.1, 0.15) is 12.4 Å². The molecule has 0 unspecified atom stereocenters. The second-order valence-corrected chi connectivity index (χ2v) is 4.09. The van der Waals surface area contributed by atoms with E-state index < -0.39 is 0 Å². The van der Waals surface area contributed by atoms with Gasteiger partial charge < -0.3 is 9.57 Å². The van der Waals surface area contributed by atoms with Crippen molar-refractivity contribution in [2.24, 2.45) is 5.16 Å². The van der Waals surface area contributed by atoms with Crippen molar-refractivity contribution in [3.05, 3.63) is 65.2 Å². The van der Waals surface area contributed by atoms with Gasteiger partial charge in [0.25, 0.3) is 0 Å². The third-order valence-corrected chi connectivity index (χ3v) is 2.68. The number of methoxy groups -OCH3 is 1. The molecule has 0 fully saturated rings. The van der Waals surface area contributed by atoms with Gasteiger partial charge in [-0.1, -0.05) is 17.3 Å². The minimum atomic E-state index is 0.335. The Morgan fingerprint density at radius 3 is 2.70 bits per heavy atom. The van der Waals surface area contributed by atoms with Crippen LogP contribution < -0.4 is 4.74 Å². The highest BCUT2D eigenvalue weighted by Gasteiger charge is 1.95. The molecule has 0 spiro atoms. The number of ether oxygens (including phenoxy) is 1. The van der Waals surface area contributed by atoms with Crippen molar-refractivity contribution in [1.29, 1.82) is 5.26 Å². The summed E-state index contributed by atoms with van der Waals surface area (Å²) < 4.78 is 5.07. The zero-order chi connectivity index (χ0) is 14.2. The lowest BCUT2D eigenvalue weighted by Gasteiger charge is -2.01. The SMILES string of the molecule is COc1ccc(C=NOCc2cccc(C#N)c2)cc1. The zero-order valence-corrected chi connectivity index (χ0v) is 11.1. The first-order valence-electron chi connectivity index (χ1n) is 6.10. The van der Waals surface area contributed by atoms with Crippen LogP contribution in [-0.2, 0) is 11.4 Å². The van der Waals surface area contributed by atoms with E-state index in [-0.39, 0.29) is 0 Å². The first-order valence-corrected chi connectivity index (χ1v) is 6.10. The summed E-state index contributed by atoms with van der Waals surface area (Å²) in [7, 11) is 1.63. The van der Waals surface area contributed by atoms with Crippen LogP contribution >= 0.6 is 0 Å². The van der Waals surface area contributed by atoms with E-state index >= 15 is 0 Å². The summed E-state index contributed by atoms with van der Waals surface area (Å²) in [5, 5.41) is 12.7. The van der Waals surface area contributed by atoms with Crippen molar-refractivity contribution in [1.82, 2.24) is 0 Å². The molecular weight excluding hydrogens is 252 g/mol. The molecule has 2 rings (SSSR count). The van der Waals surface area contributed by atoms with E-state index in [0.717, 1.165) is 16.9 Å². The van der Waals surface area contributed by atoms with Gasteiger partial charge in [0, 0.05) is 0 Å². The van der Waals surface area contributed by atoms with Crippen LogP contribution in [0.3, 0.4) is 0 Å². The second kappa shape index (κ2) is 6.95. The van der Waals surface area contributed by atoms with Crippen LogP contribution in [0.25, 0.3) is 0 Å². The molecule has 4 heteroatoms. The number of hydrogen-bond acceptors (Lipinski definition) is 4. The number of oxime groups is 1. The van der Waals surface area contributed by atoms with Gasteiger partial charge in [0.2, 0.25) is 0 Å². The molecule has 100 valence electrons. The highest BCUT2D eigenvalue weighted by atomic mass is 16.6. The first-order chi connectivity index (χ1) is 9.81. The van der Waals surface area contributed by atoms with E-state index in [2.05, 4.69) is 11.2 Å². The molecule has 0 heterocycles. The predicted octanol–water partition coefficient (Wildman–Crippen LogP) is 3.12. The van der Waals surface area contributed by atoms with Gasteiger partial charge in [-0.15, -0.1) is 0 Å². The number of nitriles is 1. The number of rotatable bonds is 5. The summed E-state index contributed by atoms with van der Waals surface area (Å²) >= 11 is 0. The van der Waals surface area contributed by atoms with Crippen LogP contribution in [0.5, 0.6) is 5.75 Å². The highest BCUT2D eigenvalue weighted by molar-refractivity contribution is 5.79. The molecule has 4 nitrogen and oxygen atoms in total. The third-order valence-electron chi connectivity index (χ3n) is 2.68. The van der Waals surface area contributed by atoms with Crippen molar-refractivity contribution >= 4 is 6.21 Å². The van der Waals surface area contributed by atoms with Crippen LogP contribution in [-0.4, -0.2) is 13.3 Å². The standard InChI is InChI=1S/C16H14N2O2/c1-19-16-7-5-13(6-8-16)11-18-20-12-15-4-2-3-14(9-15)10-17/h2-9,11H,12H2,1H3. The molecule has 0 saturated carbocycles. The molecule has 0 amide bonds. The maximum absolute atomic E-state index is 8.79. The van der Waals surface area contributed by atoms with Crippen LogP contribution in [0.15, 0.2) is 53.7 Å². The second-order valence-electron chi connectivity index (χ2n) is 4.09. The molecule has 0 saturated heterocycles. The van der Waals surface area contributed by atoms with Gasteiger partial charge >= 0.3 is 0 Å². The summed E-state index contributed by atoms with van der Waals surface area (Å²) in [5.41, 5.74) is 2.46. The summed E-state index contributed by atoms with van der Waals surface area (Å²) in [6, 6.07) is 16.8. The Morgan fingerprint density at radius 2 is 2.00 bits per heavy atom. The van der Waals surface area contributed by atoms with Gasteiger partial charge in [-0.3, -0.25) is 0 Å². The summed E-state index contributed by atoms with van der Waals surface area (Å²) in [6.45, 7) is 0.335. The molecule has 0 radical (unpaired) electrons. The largest absolute Gasteiger partial charge is 0.497 e. The third kappa shape index (κ3) is 3.85. The van der Waals surface area contributed by atoms with Gasteiger partial charge in [-0.2, -0.15) is 5.26 Å². The molecule has 0 aliphatic rings. The smallest absolute Gasteiger partial charge is 0.142 e. The Kier molecular flexibility index (Phi) is 4.74. The fraction of sp³-hybridized carbons (Fsp3) is 0.125. The van der Waals surface area contributed by atoms with Gasteiger partial charge in [-0.05, 0) is 47.5 Å². The van der Waals surface area contributed by atoms with Crippen LogP contribution in [0.1, 0.15) is 16.7 Å². The Labute approximate surface area is 117 Å². The number of hydrogen-bond donors (Lipinski definition) is 0. The van der Waals surface area contributed by atoms with Crippen molar-refractivity contribution in [3.8, 4) is 11.8 Å². The molecule has 0 atom stereocenters. The lowest BCUT2D eigenvalue weighted by Crippen LogP contribution is -1.89. The minimum Gasteiger partial charge on any atom is -0.497 e. The van der Waals surface area contributed by atoms with E-state index in [0.29, 0.717) is 12.2 Å². The molecular formula is C16H14N2O2. The van der Waals surface area contributed by atoms with E-state index in [1.54, 1.807) is 25.5 Å². The van der Waals surface area contributed by atoms with E-state index in [4.69, 9.17) is 14.8 Å². The van der Waals surface area contributed by atoms with E-state index in [9.17, 15) is 0 Å². The summed E-state index contributed by atoms with van der Waals surface area (Å²) in [5.74, 6) is 0.802. The Hall–Kier alpha value is -2.80. The van der Waals surface area contributed by atoms with Gasteiger partial charge in [0.05, 0.1) is 25.0 Å². The Morgan fingerprint density at radius 1 is 1.20 bits per heavy atom. The number of nitrogens with zero attached hydrogens (tertiary/aromatic N) is 2. The van der Waals surface area contributed by atoms with Gasteiger partial charge in [0.15, 0.2) is 0 Å². The highest BCUT2D eigenvalue weighted by Crippen LogP contribution is 2.10.